The highest BCUT2D eigenvalue weighted by atomic mass is 15.1. The summed E-state index contributed by atoms with van der Waals surface area (Å²) in [6, 6.07) is 84.7. The van der Waals surface area contributed by atoms with Crippen molar-refractivity contribution in [1.82, 2.24) is 0 Å². The van der Waals surface area contributed by atoms with E-state index < -0.39 is 0 Å². The molecule has 59 heavy (non-hydrogen) atoms. The number of anilines is 3. The maximum absolute atomic E-state index is 2.50. The van der Waals surface area contributed by atoms with Crippen LogP contribution in [0.3, 0.4) is 0 Å². The van der Waals surface area contributed by atoms with Crippen LogP contribution >= 0.6 is 0 Å². The molecule has 0 amide bonds. The second kappa shape index (κ2) is 14.2. The zero-order chi connectivity index (χ0) is 39.3. The molecule has 1 heteroatoms. The van der Waals surface area contributed by atoms with E-state index in [0.717, 1.165) is 17.1 Å². The monoisotopic (exact) mass is 751 g/mol. The van der Waals surface area contributed by atoms with Gasteiger partial charge in [-0.05, 0) is 115 Å². The van der Waals surface area contributed by atoms with Gasteiger partial charge in [-0.1, -0.05) is 194 Å². The molecule has 0 aliphatic heterocycles. The van der Waals surface area contributed by atoms with Crippen molar-refractivity contribution in [2.24, 2.45) is 0 Å². The molecule has 1 atom stereocenters. The lowest BCUT2D eigenvalue weighted by Crippen LogP contribution is -2.22. The van der Waals surface area contributed by atoms with Crippen molar-refractivity contribution in [1.29, 1.82) is 0 Å². The van der Waals surface area contributed by atoms with Gasteiger partial charge in [0.2, 0.25) is 0 Å². The first-order chi connectivity index (χ1) is 29.1. The minimum Gasteiger partial charge on any atom is -0.309 e. The van der Waals surface area contributed by atoms with Crippen LogP contribution in [-0.4, -0.2) is 0 Å². The van der Waals surface area contributed by atoms with Crippen molar-refractivity contribution >= 4 is 38.6 Å². The van der Waals surface area contributed by atoms with Gasteiger partial charge in [0.1, 0.15) is 0 Å². The molecule has 0 saturated heterocycles. The SMILES string of the molecule is CC1(c2ccccc2)c2ccccc2-c2c(N(c3cccc(-c4ccc5ccccc5c4)c3)c3ccccc3-c3ccc(-c4ccc5ccccc5c4)cc3)cccc21. The van der Waals surface area contributed by atoms with Crippen molar-refractivity contribution in [2.45, 2.75) is 12.3 Å². The van der Waals surface area contributed by atoms with Crippen LogP contribution in [0, 0.1) is 0 Å². The highest BCUT2D eigenvalue weighted by Crippen LogP contribution is 2.57. The summed E-state index contributed by atoms with van der Waals surface area (Å²) in [5.74, 6) is 0. The van der Waals surface area contributed by atoms with E-state index >= 15 is 0 Å². The Hall–Kier alpha value is -7.48. The number of hydrogen-bond donors (Lipinski definition) is 0. The fourth-order valence-corrected chi connectivity index (χ4v) is 9.52. The molecule has 0 N–H and O–H groups in total. The molecule has 0 heterocycles. The molecule has 11 rings (SSSR count). The van der Waals surface area contributed by atoms with Crippen molar-refractivity contribution in [3.05, 3.63) is 247 Å². The molecule has 278 valence electrons. The smallest absolute Gasteiger partial charge is 0.0543 e. The average Bonchev–Trinajstić information content (AvgIpc) is 3.58. The standard InChI is InChI=1S/C58H41N/c1-58(49-20-3-2-4-21-49)53-25-11-9-24-52(53)57-54(58)26-14-28-56(57)59(50-22-13-19-46(39-50)48-36-32-41-16-6-8-18-45(41)38-48)55-27-12-10-23-51(55)43-33-29-42(30-34-43)47-35-31-40-15-5-7-17-44(40)37-47/h2-39H,1H3. The summed E-state index contributed by atoms with van der Waals surface area (Å²) in [7, 11) is 0. The first-order valence-electron chi connectivity index (χ1n) is 20.5. The van der Waals surface area contributed by atoms with Crippen molar-refractivity contribution in [3.8, 4) is 44.5 Å². The first-order valence-corrected chi connectivity index (χ1v) is 20.5. The summed E-state index contributed by atoms with van der Waals surface area (Å²) in [6.07, 6.45) is 0. The van der Waals surface area contributed by atoms with Gasteiger partial charge < -0.3 is 4.90 Å². The topological polar surface area (TPSA) is 3.24 Å². The van der Waals surface area contributed by atoms with Crippen LogP contribution < -0.4 is 4.90 Å². The summed E-state index contributed by atoms with van der Waals surface area (Å²) < 4.78 is 0. The summed E-state index contributed by atoms with van der Waals surface area (Å²) in [5.41, 5.74) is 16.7. The lowest BCUT2D eigenvalue weighted by atomic mass is 9.74. The molecule has 0 saturated carbocycles. The van der Waals surface area contributed by atoms with E-state index in [2.05, 4.69) is 242 Å². The number of hydrogen-bond acceptors (Lipinski definition) is 1. The fraction of sp³-hybridized carbons (Fsp3) is 0.0345. The van der Waals surface area contributed by atoms with Crippen molar-refractivity contribution in [3.63, 3.8) is 0 Å². The maximum atomic E-state index is 2.50. The lowest BCUT2D eigenvalue weighted by Gasteiger charge is -2.32. The Morgan fingerprint density at radius 2 is 0.831 bits per heavy atom. The Morgan fingerprint density at radius 1 is 0.322 bits per heavy atom. The van der Waals surface area contributed by atoms with E-state index in [4.69, 9.17) is 0 Å². The Kier molecular flexibility index (Phi) is 8.34. The third-order valence-electron chi connectivity index (χ3n) is 12.5. The van der Waals surface area contributed by atoms with Crippen LogP contribution in [0.4, 0.5) is 17.1 Å². The minimum absolute atomic E-state index is 0.320. The number of nitrogens with zero attached hydrogens (tertiary/aromatic N) is 1. The maximum Gasteiger partial charge on any atom is 0.0543 e. The second-order valence-corrected chi connectivity index (χ2v) is 15.8. The van der Waals surface area contributed by atoms with E-state index in [1.165, 1.54) is 82.7 Å². The molecule has 1 aliphatic rings. The Labute approximate surface area is 346 Å². The Bertz CT molecular complexity index is 3180. The van der Waals surface area contributed by atoms with Gasteiger partial charge in [-0.25, -0.2) is 0 Å². The second-order valence-electron chi connectivity index (χ2n) is 15.8. The molecule has 0 bridgehead atoms. The molecular weight excluding hydrogens is 711 g/mol. The van der Waals surface area contributed by atoms with Crippen molar-refractivity contribution in [2.75, 3.05) is 4.90 Å². The number of para-hydroxylation sites is 1. The van der Waals surface area contributed by atoms with Crippen LogP contribution in [0.5, 0.6) is 0 Å². The van der Waals surface area contributed by atoms with Crippen LogP contribution in [0.15, 0.2) is 231 Å². The Balaban J connectivity index is 1.11. The summed E-state index contributed by atoms with van der Waals surface area (Å²) in [5, 5.41) is 4.99. The summed E-state index contributed by atoms with van der Waals surface area (Å²) in [4.78, 5) is 2.50. The lowest BCUT2D eigenvalue weighted by molar-refractivity contribution is 0.714. The predicted octanol–water partition coefficient (Wildman–Crippen LogP) is 15.8. The van der Waals surface area contributed by atoms with E-state index in [-0.39, 0.29) is 5.41 Å². The van der Waals surface area contributed by atoms with Gasteiger partial charge >= 0.3 is 0 Å². The Morgan fingerprint density at radius 3 is 1.56 bits per heavy atom. The van der Waals surface area contributed by atoms with Gasteiger partial charge in [0.25, 0.3) is 0 Å². The van der Waals surface area contributed by atoms with Gasteiger partial charge in [0.15, 0.2) is 0 Å². The fourth-order valence-electron chi connectivity index (χ4n) is 9.52. The van der Waals surface area contributed by atoms with Gasteiger partial charge in [0, 0.05) is 22.2 Å². The van der Waals surface area contributed by atoms with Crippen LogP contribution in [0.25, 0.3) is 66.1 Å². The highest BCUT2D eigenvalue weighted by Gasteiger charge is 2.42. The summed E-state index contributed by atoms with van der Waals surface area (Å²) in [6.45, 7) is 2.40. The zero-order valence-electron chi connectivity index (χ0n) is 32.9. The molecule has 1 aliphatic carbocycles. The average molecular weight is 752 g/mol. The van der Waals surface area contributed by atoms with E-state index in [9.17, 15) is 0 Å². The van der Waals surface area contributed by atoms with Crippen molar-refractivity contribution < 1.29 is 0 Å². The van der Waals surface area contributed by atoms with Gasteiger partial charge in [0.05, 0.1) is 11.4 Å². The van der Waals surface area contributed by atoms with Crippen LogP contribution in [0.2, 0.25) is 0 Å². The molecule has 0 aromatic heterocycles. The van der Waals surface area contributed by atoms with Gasteiger partial charge in [-0.15, -0.1) is 0 Å². The molecule has 0 radical (unpaired) electrons. The highest BCUT2D eigenvalue weighted by molar-refractivity contribution is 5.99. The van der Waals surface area contributed by atoms with Gasteiger partial charge in [-0.3, -0.25) is 0 Å². The quantitative estimate of drug-likeness (QED) is 0.157. The molecule has 1 unspecified atom stereocenters. The third kappa shape index (κ3) is 5.86. The third-order valence-corrected chi connectivity index (χ3v) is 12.5. The predicted molar refractivity (Wildman–Crippen MR) is 250 cm³/mol. The number of fused-ring (bicyclic) bond motifs is 5. The first kappa shape index (κ1) is 34.7. The number of benzene rings is 10. The zero-order valence-corrected chi connectivity index (χ0v) is 32.9. The molecule has 0 fully saturated rings. The molecular formula is C58H41N. The van der Waals surface area contributed by atoms with Crippen LogP contribution in [-0.2, 0) is 5.41 Å². The molecule has 10 aromatic rings. The normalized spacial score (nSPS) is 14.3. The van der Waals surface area contributed by atoms with E-state index in [1.807, 2.05) is 0 Å². The van der Waals surface area contributed by atoms with E-state index in [1.54, 1.807) is 0 Å². The summed E-state index contributed by atoms with van der Waals surface area (Å²) >= 11 is 0. The minimum atomic E-state index is -0.320. The molecule has 0 spiro atoms. The molecule has 1 nitrogen and oxygen atoms in total. The van der Waals surface area contributed by atoms with Crippen LogP contribution in [0.1, 0.15) is 23.6 Å². The van der Waals surface area contributed by atoms with Gasteiger partial charge in [-0.2, -0.15) is 0 Å². The molecule has 10 aromatic carbocycles. The van der Waals surface area contributed by atoms with E-state index in [0.29, 0.717) is 0 Å². The number of rotatable bonds is 7. The largest absolute Gasteiger partial charge is 0.309 e.